The molecule has 3 heterocycles. The van der Waals surface area contributed by atoms with Crippen LogP contribution in [0.2, 0.25) is 10.6 Å². The molecular formula is C10H13Cl2N5. The fraction of sp³-hybridized carbons (Fsp3) is 0.700. The zero-order chi connectivity index (χ0) is 11.8. The smallest absolute Gasteiger partial charge is 0.228 e. The van der Waals surface area contributed by atoms with Gasteiger partial charge >= 0.3 is 0 Å². The van der Waals surface area contributed by atoms with Gasteiger partial charge < -0.3 is 5.32 Å². The van der Waals surface area contributed by atoms with E-state index in [0.29, 0.717) is 18.0 Å². The third kappa shape index (κ3) is 2.32. The van der Waals surface area contributed by atoms with Gasteiger partial charge in [0, 0.05) is 18.6 Å². The summed E-state index contributed by atoms with van der Waals surface area (Å²) in [4.78, 5) is 14.3. The van der Waals surface area contributed by atoms with Crippen molar-refractivity contribution in [3.63, 3.8) is 0 Å². The first-order valence-corrected chi connectivity index (χ1v) is 6.55. The monoisotopic (exact) mass is 273 g/mol. The summed E-state index contributed by atoms with van der Waals surface area (Å²) >= 11 is 11.5. The summed E-state index contributed by atoms with van der Waals surface area (Å²) in [5.74, 6) is 0.480. The van der Waals surface area contributed by atoms with Gasteiger partial charge in [0.2, 0.25) is 16.5 Å². The lowest BCUT2D eigenvalue weighted by Crippen LogP contribution is -2.34. The average molecular weight is 274 g/mol. The normalized spacial score (nSPS) is 28.4. The summed E-state index contributed by atoms with van der Waals surface area (Å²) in [6.07, 6.45) is 3.64. The van der Waals surface area contributed by atoms with Gasteiger partial charge in [-0.1, -0.05) is 0 Å². The minimum atomic E-state index is 0.133. The van der Waals surface area contributed by atoms with E-state index in [1.807, 2.05) is 0 Å². The Labute approximate surface area is 110 Å². The predicted octanol–water partition coefficient (Wildman–Crippen LogP) is 1.83. The van der Waals surface area contributed by atoms with E-state index < -0.39 is 0 Å². The van der Waals surface area contributed by atoms with Gasteiger partial charge in [-0.05, 0) is 49.0 Å². The quantitative estimate of drug-likeness (QED) is 0.891. The summed E-state index contributed by atoms with van der Waals surface area (Å²) < 4.78 is 0. The van der Waals surface area contributed by atoms with Crippen molar-refractivity contribution < 1.29 is 0 Å². The second-order valence-corrected chi connectivity index (χ2v) is 5.16. The van der Waals surface area contributed by atoms with Gasteiger partial charge in [0.05, 0.1) is 0 Å². The largest absolute Gasteiger partial charge is 0.350 e. The van der Waals surface area contributed by atoms with Crippen LogP contribution in [0.3, 0.4) is 0 Å². The molecule has 2 aliphatic heterocycles. The highest BCUT2D eigenvalue weighted by Crippen LogP contribution is 2.29. The average Bonchev–Trinajstić information content (AvgIpc) is 2.81. The first-order chi connectivity index (χ1) is 8.22. The standard InChI is InChI=1S/C10H13Cl2N5/c11-8-14-9(12)16-10(15-8)13-6-3-5-17-4-1-2-7(6)17/h6-7H,1-5H2,(H,13,14,15,16). The Bertz CT molecular complexity index is 407. The molecule has 0 radical (unpaired) electrons. The number of rotatable bonds is 2. The minimum absolute atomic E-state index is 0.133. The SMILES string of the molecule is Clc1nc(Cl)nc(NC2CCN3CCCC23)n1. The molecule has 2 atom stereocenters. The molecular weight excluding hydrogens is 261 g/mol. The van der Waals surface area contributed by atoms with E-state index in [0.717, 1.165) is 13.0 Å². The van der Waals surface area contributed by atoms with Gasteiger partial charge in [-0.15, -0.1) is 0 Å². The molecule has 0 amide bonds. The van der Waals surface area contributed by atoms with Crippen molar-refractivity contribution in [1.29, 1.82) is 0 Å². The molecule has 3 rings (SSSR count). The first-order valence-electron chi connectivity index (χ1n) is 5.80. The van der Waals surface area contributed by atoms with Crippen LogP contribution in [0, 0.1) is 0 Å². The van der Waals surface area contributed by atoms with Crippen LogP contribution in [-0.2, 0) is 0 Å². The van der Waals surface area contributed by atoms with Crippen LogP contribution >= 0.6 is 23.2 Å². The third-order valence-electron chi connectivity index (χ3n) is 3.50. The summed E-state index contributed by atoms with van der Waals surface area (Å²) in [6, 6.07) is 0.997. The molecule has 0 spiro atoms. The lowest BCUT2D eigenvalue weighted by molar-refractivity contribution is 0.318. The molecule has 0 aliphatic carbocycles. The predicted molar refractivity (Wildman–Crippen MR) is 66.5 cm³/mol. The molecule has 2 unspecified atom stereocenters. The van der Waals surface area contributed by atoms with Crippen molar-refractivity contribution in [2.24, 2.45) is 0 Å². The van der Waals surface area contributed by atoms with Crippen LogP contribution in [0.25, 0.3) is 0 Å². The van der Waals surface area contributed by atoms with Gasteiger partial charge in [0.25, 0.3) is 0 Å². The molecule has 0 saturated carbocycles. The van der Waals surface area contributed by atoms with Crippen molar-refractivity contribution in [2.45, 2.75) is 31.3 Å². The number of anilines is 1. The molecule has 2 saturated heterocycles. The Kier molecular flexibility index (Phi) is 3.06. The molecule has 1 aromatic heterocycles. The number of nitrogens with one attached hydrogen (secondary N) is 1. The third-order valence-corrected chi connectivity index (χ3v) is 3.84. The van der Waals surface area contributed by atoms with Gasteiger partial charge in [0.15, 0.2) is 0 Å². The maximum Gasteiger partial charge on any atom is 0.228 e. The van der Waals surface area contributed by atoms with Gasteiger partial charge in [-0.2, -0.15) is 15.0 Å². The molecule has 2 fully saturated rings. The number of aromatic nitrogens is 3. The molecule has 2 aliphatic rings. The molecule has 1 aromatic rings. The number of hydrogen-bond acceptors (Lipinski definition) is 5. The van der Waals surface area contributed by atoms with E-state index in [1.54, 1.807) is 0 Å². The Hall–Kier alpha value is -0.650. The Morgan fingerprint density at radius 1 is 1.06 bits per heavy atom. The minimum Gasteiger partial charge on any atom is -0.350 e. The van der Waals surface area contributed by atoms with Crippen molar-refractivity contribution in [3.8, 4) is 0 Å². The maximum atomic E-state index is 5.75. The van der Waals surface area contributed by atoms with Gasteiger partial charge in [-0.25, -0.2) is 0 Å². The highest BCUT2D eigenvalue weighted by atomic mass is 35.5. The summed E-state index contributed by atoms with van der Waals surface area (Å²) in [7, 11) is 0. The van der Waals surface area contributed by atoms with E-state index in [1.165, 1.54) is 19.4 Å². The molecule has 7 heteroatoms. The molecule has 1 N–H and O–H groups in total. The summed E-state index contributed by atoms with van der Waals surface area (Å²) in [5.41, 5.74) is 0. The zero-order valence-corrected chi connectivity index (χ0v) is 10.7. The molecule has 17 heavy (non-hydrogen) atoms. The topological polar surface area (TPSA) is 53.9 Å². The lowest BCUT2D eigenvalue weighted by Gasteiger charge is -2.21. The number of halogens is 2. The van der Waals surface area contributed by atoms with Crippen LogP contribution in [-0.4, -0.2) is 45.0 Å². The van der Waals surface area contributed by atoms with E-state index in [9.17, 15) is 0 Å². The Morgan fingerprint density at radius 2 is 1.82 bits per heavy atom. The van der Waals surface area contributed by atoms with E-state index in [4.69, 9.17) is 23.2 Å². The van der Waals surface area contributed by atoms with Crippen LogP contribution in [0.4, 0.5) is 5.95 Å². The molecule has 0 aromatic carbocycles. The van der Waals surface area contributed by atoms with Crippen LogP contribution in [0.1, 0.15) is 19.3 Å². The molecule has 0 bridgehead atoms. The van der Waals surface area contributed by atoms with Crippen molar-refractivity contribution in [1.82, 2.24) is 19.9 Å². The van der Waals surface area contributed by atoms with E-state index in [-0.39, 0.29) is 10.6 Å². The Morgan fingerprint density at radius 3 is 2.59 bits per heavy atom. The van der Waals surface area contributed by atoms with Gasteiger partial charge in [-0.3, -0.25) is 4.90 Å². The van der Waals surface area contributed by atoms with Crippen molar-refractivity contribution >= 4 is 29.2 Å². The summed E-state index contributed by atoms with van der Waals surface area (Å²) in [5, 5.41) is 3.59. The van der Waals surface area contributed by atoms with Crippen molar-refractivity contribution in [3.05, 3.63) is 10.6 Å². The number of hydrogen-bond donors (Lipinski definition) is 1. The highest BCUT2D eigenvalue weighted by molar-refractivity contribution is 6.31. The maximum absolute atomic E-state index is 5.75. The van der Waals surface area contributed by atoms with E-state index in [2.05, 4.69) is 25.2 Å². The van der Waals surface area contributed by atoms with Crippen LogP contribution in [0.15, 0.2) is 0 Å². The van der Waals surface area contributed by atoms with Crippen LogP contribution in [0.5, 0.6) is 0 Å². The first kappa shape index (κ1) is 11.4. The fourth-order valence-electron chi connectivity index (χ4n) is 2.81. The van der Waals surface area contributed by atoms with Gasteiger partial charge in [0.1, 0.15) is 0 Å². The number of fused-ring (bicyclic) bond motifs is 1. The Balaban J connectivity index is 1.74. The zero-order valence-electron chi connectivity index (χ0n) is 9.24. The second-order valence-electron chi connectivity index (χ2n) is 4.48. The van der Waals surface area contributed by atoms with E-state index >= 15 is 0 Å². The summed E-state index contributed by atoms with van der Waals surface area (Å²) in [6.45, 7) is 2.36. The highest BCUT2D eigenvalue weighted by Gasteiger charge is 2.37. The number of nitrogens with zero attached hydrogens (tertiary/aromatic N) is 4. The van der Waals surface area contributed by atoms with Crippen molar-refractivity contribution in [2.75, 3.05) is 18.4 Å². The molecule has 92 valence electrons. The lowest BCUT2D eigenvalue weighted by atomic mass is 10.1. The fourth-order valence-corrected chi connectivity index (χ4v) is 3.17. The second kappa shape index (κ2) is 4.55. The van der Waals surface area contributed by atoms with Crippen LogP contribution < -0.4 is 5.32 Å². The molecule has 5 nitrogen and oxygen atoms in total.